The minimum atomic E-state index is -4.40. The number of nitrogens with one attached hydrogen (secondary N) is 1. The molecular weight excluding hydrogens is 733 g/mol. The van der Waals surface area contributed by atoms with Gasteiger partial charge < -0.3 is 19.7 Å². The summed E-state index contributed by atoms with van der Waals surface area (Å²) < 4.78 is 40.6. The van der Waals surface area contributed by atoms with Crippen LogP contribution in [0.1, 0.15) is 43.2 Å². The molecule has 0 aliphatic heterocycles. The fourth-order valence-corrected chi connectivity index (χ4v) is 8.05. The van der Waals surface area contributed by atoms with Crippen molar-refractivity contribution in [2.24, 2.45) is 0 Å². The molecule has 13 heteroatoms. The number of sulfonamides is 1. The highest BCUT2D eigenvalue weighted by Gasteiger charge is 2.36. The van der Waals surface area contributed by atoms with Gasteiger partial charge >= 0.3 is 0 Å². The second kappa shape index (κ2) is 17.5. The van der Waals surface area contributed by atoms with Gasteiger partial charge in [0.15, 0.2) is 11.5 Å². The lowest BCUT2D eigenvalue weighted by molar-refractivity contribution is -0.140. The Labute approximate surface area is 314 Å². The Morgan fingerprint density at radius 2 is 1.49 bits per heavy atom. The summed E-state index contributed by atoms with van der Waals surface area (Å²) in [4.78, 5) is 30.4. The summed E-state index contributed by atoms with van der Waals surface area (Å²) in [6.45, 7) is -0.683. The van der Waals surface area contributed by atoms with E-state index in [1.807, 2.05) is 30.3 Å². The lowest BCUT2D eigenvalue weighted by Gasteiger charge is -2.35. The first kappa shape index (κ1) is 38.3. The predicted octanol–water partition coefficient (Wildman–Crippen LogP) is 7.95. The van der Waals surface area contributed by atoms with Crippen molar-refractivity contribution in [3.05, 3.63) is 117 Å². The van der Waals surface area contributed by atoms with E-state index in [2.05, 4.69) is 5.32 Å². The van der Waals surface area contributed by atoms with Gasteiger partial charge in [-0.05, 0) is 72.5 Å². The zero-order chi connectivity index (χ0) is 36.5. The molecule has 4 aromatic carbocycles. The molecule has 4 aromatic rings. The number of hydrogen-bond donors (Lipinski definition) is 1. The number of benzene rings is 4. The van der Waals surface area contributed by atoms with Gasteiger partial charge in [-0.3, -0.25) is 13.9 Å². The Bertz CT molecular complexity index is 1920. The average Bonchev–Trinajstić information content (AvgIpc) is 3.14. The average molecular weight is 773 g/mol. The van der Waals surface area contributed by atoms with Crippen LogP contribution >= 0.6 is 34.8 Å². The quantitative estimate of drug-likeness (QED) is 0.140. The molecule has 1 atom stereocenters. The first-order valence-electron chi connectivity index (χ1n) is 16.6. The zero-order valence-corrected chi connectivity index (χ0v) is 31.4. The molecule has 1 N–H and O–H groups in total. The minimum absolute atomic E-state index is 0.0255. The molecular formula is C38H40Cl3N3O6S. The van der Waals surface area contributed by atoms with Crippen molar-refractivity contribution in [1.82, 2.24) is 10.2 Å². The van der Waals surface area contributed by atoms with Crippen molar-refractivity contribution in [1.29, 1.82) is 0 Å². The van der Waals surface area contributed by atoms with Crippen molar-refractivity contribution in [3.63, 3.8) is 0 Å². The number of methoxy groups -OCH3 is 2. The molecule has 2 amide bonds. The summed E-state index contributed by atoms with van der Waals surface area (Å²) in [5, 5.41) is 4.21. The molecule has 1 aliphatic rings. The van der Waals surface area contributed by atoms with E-state index in [9.17, 15) is 18.0 Å². The third kappa shape index (κ3) is 9.68. The molecule has 1 aliphatic carbocycles. The number of anilines is 1. The topological polar surface area (TPSA) is 105 Å². The highest BCUT2D eigenvalue weighted by molar-refractivity contribution is 7.92. The summed E-state index contributed by atoms with van der Waals surface area (Å²) in [6.07, 6.45) is 5.00. The Balaban J connectivity index is 1.59. The van der Waals surface area contributed by atoms with Gasteiger partial charge in [0.2, 0.25) is 11.8 Å². The highest BCUT2D eigenvalue weighted by Crippen LogP contribution is 2.33. The van der Waals surface area contributed by atoms with Gasteiger partial charge in [0, 0.05) is 30.1 Å². The van der Waals surface area contributed by atoms with E-state index in [1.165, 1.54) is 49.5 Å². The molecule has 0 radical (unpaired) electrons. The van der Waals surface area contributed by atoms with E-state index in [4.69, 9.17) is 44.3 Å². The van der Waals surface area contributed by atoms with Gasteiger partial charge in [-0.25, -0.2) is 8.42 Å². The molecule has 9 nitrogen and oxygen atoms in total. The van der Waals surface area contributed by atoms with Crippen molar-refractivity contribution in [2.45, 2.75) is 62.0 Å². The van der Waals surface area contributed by atoms with Gasteiger partial charge in [0.05, 0.1) is 34.8 Å². The molecule has 0 bridgehead atoms. The van der Waals surface area contributed by atoms with E-state index in [0.29, 0.717) is 21.4 Å². The Hall–Kier alpha value is -3.96. The van der Waals surface area contributed by atoms with Crippen LogP contribution in [0.2, 0.25) is 15.1 Å². The van der Waals surface area contributed by atoms with E-state index in [-0.39, 0.29) is 46.3 Å². The van der Waals surface area contributed by atoms with Crippen LogP contribution in [0.3, 0.4) is 0 Å². The van der Waals surface area contributed by atoms with Crippen LogP contribution in [0, 0.1) is 0 Å². The number of carbonyl (C=O) groups is 2. The fourth-order valence-electron chi connectivity index (χ4n) is 6.17. The molecule has 0 aromatic heterocycles. The number of amides is 2. The number of halogens is 3. The van der Waals surface area contributed by atoms with Crippen molar-refractivity contribution in [3.8, 4) is 11.5 Å². The van der Waals surface area contributed by atoms with Crippen LogP contribution in [-0.2, 0) is 32.6 Å². The predicted molar refractivity (Wildman–Crippen MR) is 201 cm³/mol. The van der Waals surface area contributed by atoms with E-state index < -0.39 is 28.5 Å². The molecule has 51 heavy (non-hydrogen) atoms. The fraction of sp³-hybridized carbons (Fsp3) is 0.316. The first-order chi connectivity index (χ1) is 24.5. The standard InChI is InChI=1S/C38H40Cl3N3O6S/c1-49-35-20-18-31(23-36(35)50-2)51(47,48)44(30-16-14-28(39)15-17-30)25-37(45)43(24-27-13-19-32(40)33(41)21-27)34(22-26-9-5-3-6-10-26)38(46)42-29-11-7-4-8-12-29/h3,5-6,9-10,13-21,23,29,34H,4,7-8,11-12,22,24-25H2,1-2H3,(H,42,46)/t34-/m0/s1. The zero-order valence-electron chi connectivity index (χ0n) is 28.4. The smallest absolute Gasteiger partial charge is 0.264 e. The maximum Gasteiger partial charge on any atom is 0.264 e. The van der Waals surface area contributed by atoms with Gasteiger partial charge in [0.1, 0.15) is 12.6 Å². The molecule has 0 heterocycles. The lowest BCUT2D eigenvalue weighted by Crippen LogP contribution is -2.55. The van der Waals surface area contributed by atoms with Gasteiger partial charge in [-0.1, -0.05) is 90.5 Å². The minimum Gasteiger partial charge on any atom is -0.493 e. The lowest BCUT2D eigenvalue weighted by atomic mass is 9.94. The van der Waals surface area contributed by atoms with Crippen LogP contribution < -0.4 is 19.1 Å². The third-order valence-corrected chi connectivity index (χ3v) is 11.7. The SMILES string of the molecule is COc1ccc(S(=O)(=O)N(CC(=O)N(Cc2ccc(Cl)c(Cl)c2)[C@@H](Cc2ccccc2)C(=O)NC2CCCCC2)c2ccc(Cl)cc2)cc1OC. The van der Waals surface area contributed by atoms with Crippen LogP contribution in [0.5, 0.6) is 11.5 Å². The van der Waals surface area contributed by atoms with Crippen LogP contribution in [-0.4, -0.2) is 58.0 Å². The second-order valence-corrected chi connectivity index (χ2v) is 15.4. The van der Waals surface area contributed by atoms with E-state index >= 15 is 0 Å². The molecule has 0 spiro atoms. The Kier molecular flexibility index (Phi) is 13.1. The third-order valence-electron chi connectivity index (χ3n) is 8.90. The highest BCUT2D eigenvalue weighted by atomic mass is 35.5. The second-order valence-electron chi connectivity index (χ2n) is 12.3. The van der Waals surface area contributed by atoms with E-state index in [1.54, 1.807) is 30.3 Å². The monoisotopic (exact) mass is 771 g/mol. The summed E-state index contributed by atoms with van der Waals surface area (Å²) >= 11 is 18.8. The van der Waals surface area contributed by atoms with Gasteiger partial charge in [0.25, 0.3) is 10.0 Å². The largest absolute Gasteiger partial charge is 0.493 e. The Morgan fingerprint density at radius 1 is 0.804 bits per heavy atom. The number of rotatable bonds is 14. The van der Waals surface area contributed by atoms with Crippen molar-refractivity contribution >= 4 is 62.3 Å². The maximum absolute atomic E-state index is 14.8. The summed E-state index contributed by atoms with van der Waals surface area (Å²) in [5.41, 5.74) is 1.64. The van der Waals surface area contributed by atoms with E-state index in [0.717, 1.165) is 42.0 Å². The number of ether oxygens (including phenoxy) is 2. The number of nitrogens with zero attached hydrogens (tertiary/aromatic N) is 2. The molecule has 270 valence electrons. The van der Waals surface area contributed by atoms with Gasteiger partial charge in [-0.15, -0.1) is 0 Å². The number of hydrogen-bond acceptors (Lipinski definition) is 6. The van der Waals surface area contributed by atoms with Gasteiger partial charge in [-0.2, -0.15) is 0 Å². The summed E-state index contributed by atoms with van der Waals surface area (Å²) in [6, 6.07) is 23.7. The molecule has 0 unspecified atom stereocenters. The van der Waals surface area contributed by atoms with Crippen molar-refractivity contribution < 1.29 is 27.5 Å². The van der Waals surface area contributed by atoms with Crippen molar-refractivity contribution in [2.75, 3.05) is 25.1 Å². The molecule has 0 saturated heterocycles. The summed E-state index contributed by atoms with van der Waals surface area (Å²) in [7, 11) is -1.55. The Morgan fingerprint density at radius 3 is 2.14 bits per heavy atom. The van der Waals surface area contributed by atoms with Crippen LogP contribution in [0.15, 0.2) is 95.9 Å². The number of carbonyl (C=O) groups excluding carboxylic acids is 2. The molecule has 5 rings (SSSR count). The molecule has 1 fully saturated rings. The first-order valence-corrected chi connectivity index (χ1v) is 19.2. The molecule has 1 saturated carbocycles. The summed E-state index contributed by atoms with van der Waals surface area (Å²) in [5.74, 6) is -0.393. The maximum atomic E-state index is 14.8. The van der Waals surface area contributed by atoms with Crippen LogP contribution in [0.25, 0.3) is 0 Å². The normalized spacial score (nSPS) is 14.0. The van der Waals surface area contributed by atoms with Crippen LogP contribution in [0.4, 0.5) is 5.69 Å².